The van der Waals surface area contributed by atoms with Gasteiger partial charge in [-0.15, -0.1) is 0 Å². The summed E-state index contributed by atoms with van der Waals surface area (Å²) in [7, 11) is 1.78. The van der Waals surface area contributed by atoms with Crippen LogP contribution in [0, 0.1) is 0 Å². The molecule has 0 saturated heterocycles. The molecule has 0 fully saturated rings. The van der Waals surface area contributed by atoms with Gasteiger partial charge in [-0.25, -0.2) is 0 Å². The number of nitrogens with zero attached hydrogens (tertiary/aromatic N) is 2. The Labute approximate surface area is 77.7 Å². The summed E-state index contributed by atoms with van der Waals surface area (Å²) >= 11 is 0. The van der Waals surface area contributed by atoms with E-state index in [1.54, 1.807) is 24.1 Å². The number of nitrogens with two attached hydrogens (primary N) is 1. The van der Waals surface area contributed by atoms with E-state index in [-0.39, 0.29) is 11.8 Å². The molecule has 0 aromatic carbocycles. The number of hydrogen-bond donors (Lipinski definition) is 1. The van der Waals surface area contributed by atoms with Gasteiger partial charge in [0.2, 0.25) is 0 Å². The molecule has 0 saturated carbocycles. The summed E-state index contributed by atoms with van der Waals surface area (Å²) in [6.07, 6.45) is 4.90. The van der Waals surface area contributed by atoms with E-state index in [9.17, 15) is 4.79 Å². The number of aryl methyl sites for hydroxylation is 1. The van der Waals surface area contributed by atoms with Crippen LogP contribution in [0.15, 0.2) is 12.4 Å². The summed E-state index contributed by atoms with van der Waals surface area (Å²) < 4.78 is 1.60. The summed E-state index contributed by atoms with van der Waals surface area (Å²) in [6, 6.07) is -0.380. The van der Waals surface area contributed by atoms with Gasteiger partial charge in [0.05, 0.1) is 17.8 Å². The van der Waals surface area contributed by atoms with Crippen molar-refractivity contribution in [3.05, 3.63) is 18.0 Å². The summed E-state index contributed by atoms with van der Waals surface area (Å²) in [5.74, 6) is -0.0186. The maximum Gasteiger partial charge on any atom is 0.182 e. The van der Waals surface area contributed by atoms with Crippen molar-refractivity contribution in [1.29, 1.82) is 0 Å². The lowest BCUT2D eigenvalue weighted by Gasteiger charge is -2.06. The lowest BCUT2D eigenvalue weighted by Crippen LogP contribution is -2.29. The van der Waals surface area contributed by atoms with Crippen LogP contribution in [-0.4, -0.2) is 21.6 Å². The largest absolute Gasteiger partial charge is 0.321 e. The Morgan fingerprint density at radius 3 is 2.92 bits per heavy atom. The monoisotopic (exact) mass is 181 g/mol. The maximum atomic E-state index is 11.6. The molecule has 0 aliphatic carbocycles. The van der Waals surface area contributed by atoms with Gasteiger partial charge in [-0.05, 0) is 6.42 Å². The van der Waals surface area contributed by atoms with Crippen molar-refractivity contribution in [2.75, 3.05) is 0 Å². The molecule has 1 atom stereocenters. The molecule has 0 radical (unpaired) electrons. The fourth-order valence-corrected chi connectivity index (χ4v) is 1.20. The van der Waals surface area contributed by atoms with Crippen LogP contribution in [0.5, 0.6) is 0 Å². The molecule has 4 heteroatoms. The molecule has 0 aliphatic rings. The van der Waals surface area contributed by atoms with Crippen LogP contribution in [0.1, 0.15) is 30.1 Å². The first-order valence-corrected chi connectivity index (χ1v) is 4.43. The second-order valence-electron chi connectivity index (χ2n) is 3.16. The van der Waals surface area contributed by atoms with E-state index in [0.717, 1.165) is 12.8 Å². The van der Waals surface area contributed by atoms with Crippen molar-refractivity contribution in [3.8, 4) is 0 Å². The molecule has 13 heavy (non-hydrogen) atoms. The van der Waals surface area contributed by atoms with Gasteiger partial charge in [0.1, 0.15) is 0 Å². The highest BCUT2D eigenvalue weighted by Gasteiger charge is 2.15. The second kappa shape index (κ2) is 4.18. The van der Waals surface area contributed by atoms with Crippen LogP contribution in [0.4, 0.5) is 0 Å². The molecule has 0 aliphatic heterocycles. The van der Waals surface area contributed by atoms with Crippen LogP contribution in [0.25, 0.3) is 0 Å². The summed E-state index contributed by atoms with van der Waals surface area (Å²) in [5, 5.41) is 3.92. The number of carbonyl (C=O) groups excluding carboxylic acids is 1. The van der Waals surface area contributed by atoms with E-state index < -0.39 is 0 Å². The van der Waals surface area contributed by atoms with Gasteiger partial charge in [-0.2, -0.15) is 5.10 Å². The Morgan fingerprint density at radius 1 is 1.77 bits per heavy atom. The molecule has 1 aromatic heterocycles. The molecule has 0 amide bonds. The zero-order chi connectivity index (χ0) is 9.84. The molecular formula is C9H15N3O. The van der Waals surface area contributed by atoms with E-state index in [1.165, 1.54) is 0 Å². The van der Waals surface area contributed by atoms with Gasteiger partial charge < -0.3 is 5.73 Å². The molecule has 1 heterocycles. The van der Waals surface area contributed by atoms with Crippen molar-refractivity contribution in [2.24, 2.45) is 12.8 Å². The lowest BCUT2D eigenvalue weighted by molar-refractivity contribution is 0.0957. The van der Waals surface area contributed by atoms with Crippen molar-refractivity contribution in [1.82, 2.24) is 9.78 Å². The first kappa shape index (κ1) is 9.92. The van der Waals surface area contributed by atoms with E-state index in [0.29, 0.717) is 5.56 Å². The molecule has 0 spiro atoms. The van der Waals surface area contributed by atoms with Crippen molar-refractivity contribution < 1.29 is 4.79 Å². The van der Waals surface area contributed by atoms with E-state index >= 15 is 0 Å². The normalized spacial score (nSPS) is 12.8. The minimum atomic E-state index is -0.380. The highest BCUT2D eigenvalue weighted by atomic mass is 16.1. The van der Waals surface area contributed by atoms with Gasteiger partial charge >= 0.3 is 0 Å². The van der Waals surface area contributed by atoms with Crippen LogP contribution in [-0.2, 0) is 7.05 Å². The second-order valence-corrected chi connectivity index (χ2v) is 3.16. The number of hydrogen-bond acceptors (Lipinski definition) is 3. The molecule has 0 bridgehead atoms. The van der Waals surface area contributed by atoms with Gasteiger partial charge in [-0.1, -0.05) is 13.3 Å². The van der Waals surface area contributed by atoms with Crippen molar-refractivity contribution in [2.45, 2.75) is 25.8 Å². The smallest absolute Gasteiger partial charge is 0.182 e. The van der Waals surface area contributed by atoms with Crippen LogP contribution < -0.4 is 5.73 Å². The molecule has 1 rings (SSSR count). The van der Waals surface area contributed by atoms with E-state index in [2.05, 4.69) is 5.10 Å². The topological polar surface area (TPSA) is 60.9 Å². The Hall–Kier alpha value is -1.16. The lowest BCUT2D eigenvalue weighted by atomic mass is 10.0. The number of carbonyl (C=O) groups is 1. The third-order valence-corrected chi connectivity index (χ3v) is 1.93. The number of ketones is 1. The summed E-state index contributed by atoms with van der Waals surface area (Å²) in [6.45, 7) is 2.01. The third kappa shape index (κ3) is 2.39. The fourth-order valence-electron chi connectivity index (χ4n) is 1.20. The standard InChI is InChI=1S/C9H15N3O/c1-3-4-8(10)9(13)7-5-11-12(2)6-7/h5-6,8H,3-4,10H2,1-2H3. The van der Waals surface area contributed by atoms with Gasteiger partial charge in [0.15, 0.2) is 5.78 Å². The fraction of sp³-hybridized carbons (Fsp3) is 0.556. The maximum absolute atomic E-state index is 11.6. The average molecular weight is 181 g/mol. The molecule has 2 N–H and O–H groups in total. The average Bonchev–Trinajstić information content (AvgIpc) is 2.51. The highest BCUT2D eigenvalue weighted by molar-refractivity contribution is 5.99. The highest BCUT2D eigenvalue weighted by Crippen LogP contribution is 2.04. The molecule has 4 nitrogen and oxygen atoms in total. The number of aromatic nitrogens is 2. The first-order chi connectivity index (χ1) is 6.15. The van der Waals surface area contributed by atoms with E-state index in [4.69, 9.17) is 5.73 Å². The summed E-state index contributed by atoms with van der Waals surface area (Å²) in [4.78, 5) is 11.6. The van der Waals surface area contributed by atoms with Crippen molar-refractivity contribution >= 4 is 5.78 Å². The van der Waals surface area contributed by atoms with Gasteiger partial charge in [-0.3, -0.25) is 9.48 Å². The summed E-state index contributed by atoms with van der Waals surface area (Å²) in [5.41, 5.74) is 6.28. The minimum absolute atomic E-state index is 0.0186. The Balaban J connectivity index is 2.67. The molecular weight excluding hydrogens is 166 g/mol. The Bertz CT molecular complexity index is 293. The van der Waals surface area contributed by atoms with E-state index in [1.807, 2.05) is 6.92 Å². The van der Waals surface area contributed by atoms with Gasteiger partial charge in [0.25, 0.3) is 0 Å². The predicted octanol–water partition coefficient (Wildman–Crippen LogP) is 0.730. The molecule has 72 valence electrons. The van der Waals surface area contributed by atoms with Crippen LogP contribution in [0.2, 0.25) is 0 Å². The Kier molecular flexibility index (Phi) is 3.19. The number of rotatable bonds is 4. The number of Topliss-reactive ketones (excluding diaryl/α,β-unsaturated/α-hetero) is 1. The van der Waals surface area contributed by atoms with Crippen molar-refractivity contribution in [3.63, 3.8) is 0 Å². The van der Waals surface area contributed by atoms with Crippen LogP contribution in [0.3, 0.4) is 0 Å². The SMILES string of the molecule is CCCC(N)C(=O)c1cnn(C)c1. The molecule has 1 unspecified atom stereocenters. The predicted molar refractivity (Wildman–Crippen MR) is 50.4 cm³/mol. The minimum Gasteiger partial charge on any atom is -0.321 e. The quantitative estimate of drug-likeness (QED) is 0.696. The molecule has 1 aromatic rings. The first-order valence-electron chi connectivity index (χ1n) is 4.43. The zero-order valence-corrected chi connectivity index (χ0v) is 8.03. The van der Waals surface area contributed by atoms with Crippen LogP contribution >= 0.6 is 0 Å². The van der Waals surface area contributed by atoms with Gasteiger partial charge in [0, 0.05) is 13.2 Å². The zero-order valence-electron chi connectivity index (χ0n) is 8.03. The Morgan fingerprint density at radius 2 is 2.46 bits per heavy atom. The third-order valence-electron chi connectivity index (χ3n) is 1.93.